The number of aromatic nitrogens is 1. The third-order valence-electron chi connectivity index (χ3n) is 3.81. The highest BCUT2D eigenvalue weighted by molar-refractivity contribution is 5.87. The van der Waals surface area contributed by atoms with Crippen molar-refractivity contribution in [2.24, 2.45) is 0 Å². The average molecular weight is 300 g/mol. The van der Waals surface area contributed by atoms with Gasteiger partial charge in [-0.3, -0.25) is 9.78 Å². The lowest BCUT2D eigenvalue weighted by molar-refractivity contribution is -0.122. The molecule has 0 spiro atoms. The largest absolute Gasteiger partial charge is 0.392 e. The molecule has 1 atom stereocenters. The van der Waals surface area contributed by atoms with Gasteiger partial charge in [0.15, 0.2) is 0 Å². The van der Waals surface area contributed by atoms with Crippen molar-refractivity contribution in [1.29, 1.82) is 0 Å². The van der Waals surface area contributed by atoms with E-state index in [9.17, 15) is 14.7 Å². The molecule has 1 aromatic heterocycles. The number of aldehydes is 1. The van der Waals surface area contributed by atoms with Gasteiger partial charge in [-0.05, 0) is 36.6 Å². The first-order valence-corrected chi connectivity index (χ1v) is 7.27. The number of nitrogens with one attached hydrogen (secondary N) is 1. The van der Waals surface area contributed by atoms with E-state index in [1.807, 2.05) is 31.2 Å². The van der Waals surface area contributed by atoms with Crippen molar-refractivity contribution in [3.63, 3.8) is 0 Å². The van der Waals surface area contributed by atoms with E-state index in [1.54, 1.807) is 7.05 Å². The van der Waals surface area contributed by atoms with Gasteiger partial charge < -0.3 is 15.2 Å². The molecule has 1 amide bonds. The van der Waals surface area contributed by atoms with Gasteiger partial charge >= 0.3 is 0 Å². The Hall–Kier alpha value is -2.27. The summed E-state index contributed by atoms with van der Waals surface area (Å²) in [6, 6.07) is 7.51. The zero-order chi connectivity index (χ0) is 16.1. The Balaban J connectivity index is 2.49. The number of benzene rings is 1. The summed E-state index contributed by atoms with van der Waals surface area (Å²) in [5.74, 6) is -0.498. The Morgan fingerprint density at radius 3 is 2.82 bits per heavy atom. The number of hydrogen-bond acceptors (Lipinski definition) is 4. The molecule has 0 aliphatic rings. The highest BCUT2D eigenvalue weighted by atomic mass is 16.3. The number of rotatable bonds is 6. The van der Waals surface area contributed by atoms with Crippen LogP contribution in [0, 0.1) is 6.92 Å². The number of aliphatic hydroxyl groups is 1. The quantitative estimate of drug-likeness (QED) is 0.798. The highest BCUT2D eigenvalue weighted by Gasteiger charge is 2.22. The molecule has 0 saturated heterocycles. The van der Waals surface area contributed by atoms with E-state index in [2.05, 4.69) is 10.3 Å². The molecule has 1 unspecified atom stereocenters. The number of aliphatic hydroxyl groups excluding tert-OH is 1. The fourth-order valence-corrected chi connectivity index (χ4v) is 2.61. The molecule has 2 rings (SSSR count). The second-order valence-electron chi connectivity index (χ2n) is 5.26. The van der Waals surface area contributed by atoms with Crippen molar-refractivity contribution in [3.8, 4) is 0 Å². The number of fused-ring (bicyclic) bond motifs is 1. The van der Waals surface area contributed by atoms with Gasteiger partial charge in [0.1, 0.15) is 6.29 Å². The van der Waals surface area contributed by atoms with E-state index in [0.717, 1.165) is 34.0 Å². The standard InChI is InChI=1S/C17H20N2O3/c1-11-15(14(4-3-7-20)17(22)18-2)9-13-6-5-12(10-21)8-16(13)19-11/h5-9,14,21H,3-4,10H2,1-2H3,(H,18,22). The summed E-state index contributed by atoms with van der Waals surface area (Å²) >= 11 is 0. The lowest BCUT2D eigenvalue weighted by Crippen LogP contribution is -2.26. The first kappa shape index (κ1) is 16.1. The van der Waals surface area contributed by atoms with Crippen molar-refractivity contribution < 1.29 is 14.7 Å². The van der Waals surface area contributed by atoms with Crippen LogP contribution in [0.3, 0.4) is 0 Å². The number of amides is 1. The van der Waals surface area contributed by atoms with Gasteiger partial charge in [0.05, 0.1) is 18.0 Å². The van der Waals surface area contributed by atoms with E-state index >= 15 is 0 Å². The molecule has 1 aromatic carbocycles. The van der Waals surface area contributed by atoms with Crippen LogP contribution in [-0.4, -0.2) is 29.3 Å². The fraction of sp³-hybridized carbons (Fsp3) is 0.353. The molecule has 2 aromatic rings. The summed E-state index contributed by atoms with van der Waals surface area (Å²) in [5, 5.41) is 12.8. The molecule has 0 aliphatic heterocycles. The molecule has 0 aliphatic carbocycles. The van der Waals surface area contributed by atoms with Gasteiger partial charge in [-0.25, -0.2) is 0 Å². The third-order valence-corrected chi connectivity index (χ3v) is 3.81. The van der Waals surface area contributed by atoms with Crippen LogP contribution in [0.25, 0.3) is 10.9 Å². The van der Waals surface area contributed by atoms with Crippen molar-refractivity contribution in [2.45, 2.75) is 32.3 Å². The molecule has 0 saturated carbocycles. The minimum Gasteiger partial charge on any atom is -0.392 e. The van der Waals surface area contributed by atoms with Gasteiger partial charge in [-0.2, -0.15) is 0 Å². The Kier molecular flexibility index (Phi) is 5.22. The SMILES string of the molecule is CNC(=O)C(CCC=O)c1cc2ccc(CO)cc2nc1C. The Labute approximate surface area is 129 Å². The maximum Gasteiger partial charge on any atom is 0.227 e. The minimum absolute atomic E-state index is 0.0291. The van der Waals surface area contributed by atoms with E-state index in [0.29, 0.717) is 12.8 Å². The second-order valence-corrected chi connectivity index (χ2v) is 5.26. The van der Waals surface area contributed by atoms with Crippen LogP contribution in [0.15, 0.2) is 24.3 Å². The summed E-state index contributed by atoms with van der Waals surface area (Å²) in [6.45, 7) is 1.83. The first-order chi connectivity index (χ1) is 10.6. The predicted molar refractivity (Wildman–Crippen MR) is 84.5 cm³/mol. The summed E-state index contributed by atoms with van der Waals surface area (Å²) < 4.78 is 0. The van der Waals surface area contributed by atoms with Gasteiger partial charge in [0, 0.05) is 24.5 Å². The number of pyridine rings is 1. The number of carbonyl (C=O) groups is 2. The second kappa shape index (κ2) is 7.13. The van der Waals surface area contributed by atoms with E-state index < -0.39 is 0 Å². The van der Waals surface area contributed by atoms with Crippen LogP contribution < -0.4 is 5.32 Å². The molecule has 0 radical (unpaired) electrons. The van der Waals surface area contributed by atoms with Gasteiger partial charge in [-0.1, -0.05) is 12.1 Å². The normalized spacial score (nSPS) is 12.1. The number of carbonyl (C=O) groups excluding carboxylic acids is 2. The zero-order valence-corrected chi connectivity index (χ0v) is 12.8. The van der Waals surface area contributed by atoms with Gasteiger partial charge in [0.25, 0.3) is 0 Å². The molecule has 5 nitrogen and oxygen atoms in total. The number of hydrogen-bond donors (Lipinski definition) is 2. The molecule has 5 heteroatoms. The molecule has 0 fully saturated rings. The van der Waals surface area contributed by atoms with Crippen molar-refractivity contribution >= 4 is 23.1 Å². The summed E-state index contributed by atoms with van der Waals surface area (Å²) in [6.07, 6.45) is 1.62. The van der Waals surface area contributed by atoms with Crippen molar-refractivity contribution in [3.05, 3.63) is 41.1 Å². The van der Waals surface area contributed by atoms with Crippen LogP contribution in [0.1, 0.15) is 35.6 Å². The van der Waals surface area contributed by atoms with Gasteiger partial charge in [0.2, 0.25) is 5.91 Å². The van der Waals surface area contributed by atoms with Crippen LogP contribution in [0.2, 0.25) is 0 Å². The first-order valence-electron chi connectivity index (χ1n) is 7.27. The molecular weight excluding hydrogens is 280 g/mol. The summed E-state index contributed by atoms with van der Waals surface area (Å²) in [7, 11) is 1.59. The predicted octanol–water partition coefficient (Wildman–Crippen LogP) is 1.84. The average Bonchev–Trinajstić information content (AvgIpc) is 2.54. The van der Waals surface area contributed by atoms with Crippen LogP contribution in [-0.2, 0) is 16.2 Å². The van der Waals surface area contributed by atoms with Gasteiger partial charge in [-0.15, -0.1) is 0 Å². The van der Waals surface area contributed by atoms with Crippen molar-refractivity contribution in [2.75, 3.05) is 7.05 Å². The number of nitrogens with zero attached hydrogens (tertiary/aromatic N) is 1. The number of likely N-dealkylation sites (N-methyl/N-ethyl adjacent to an activating group) is 1. The summed E-state index contributed by atoms with van der Waals surface area (Å²) in [4.78, 5) is 27.3. The molecule has 2 N–H and O–H groups in total. The molecule has 116 valence electrons. The Bertz CT molecular complexity index is 698. The molecule has 0 bridgehead atoms. The maximum absolute atomic E-state index is 12.1. The fourth-order valence-electron chi connectivity index (χ4n) is 2.61. The molecule has 22 heavy (non-hydrogen) atoms. The van der Waals surface area contributed by atoms with Crippen LogP contribution in [0.4, 0.5) is 0 Å². The monoisotopic (exact) mass is 300 g/mol. The molecule has 1 heterocycles. The lowest BCUT2D eigenvalue weighted by atomic mass is 9.91. The smallest absolute Gasteiger partial charge is 0.227 e. The number of aryl methyl sites for hydroxylation is 1. The summed E-state index contributed by atoms with van der Waals surface area (Å²) in [5.41, 5.74) is 3.20. The zero-order valence-electron chi connectivity index (χ0n) is 12.8. The Morgan fingerprint density at radius 1 is 1.41 bits per heavy atom. The van der Waals surface area contributed by atoms with E-state index in [1.165, 1.54) is 0 Å². The van der Waals surface area contributed by atoms with E-state index in [4.69, 9.17) is 0 Å². The van der Waals surface area contributed by atoms with Crippen LogP contribution in [0.5, 0.6) is 0 Å². The topological polar surface area (TPSA) is 79.3 Å². The van der Waals surface area contributed by atoms with Crippen LogP contribution >= 0.6 is 0 Å². The van der Waals surface area contributed by atoms with E-state index in [-0.39, 0.29) is 18.4 Å². The lowest BCUT2D eigenvalue weighted by Gasteiger charge is -2.17. The maximum atomic E-state index is 12.1. The van der Waals surface area contributed by atoms with Crippen molar-refractivity contribution in [1.82, 2.24) is 10.3 Å². The third kappa shape index (κ3) is 3.31. The minimum atomic E-state index is -0.385. The Morgan fingerprint density at radius 2 is 2.18 bits per heavy atom. The molecular formula is C17H20N2O3. The highest BCUT2D eigenvalue weighted by Crippen LogP contribution is 2.27.